The third kappa shape index (κ3) is 12.5. The van der Waals surface area contributed by atoms with E-state index in [4.69, 9.17) is 14.2 Å². The normalized spacial score (nSPS) is 20.5. The van der Waals surface area contributed by atoms with Crippen LogP contribution in [0.1, 0.15) is 64.9 Å². The highest BCUT2D eigenvalue weighted by molar-refractivity contribution is 5.80. The zero-order valence-electron chi connectivity index (χ0n) is 30.1. The second-order valence-electron chi connectivity index (χ2n) is 12.1. The summed E-state index contributed by atoms with van der Waals surface area (Å²) in [5, 5.41) is 5.30. The molecular weight excluding hydrogens is 602 g/mol. The highest BCUT2D eigenvalue weighted by Crippen LogP contribution is 2.30. The first-order valence-corrected chi connectivity index (χ1v) is 17.8. The van der Waals surface area contributed by atoms with Crippen LogP contribution in [0.2, 0.25) is 0 Å². The fraction of sp³-hybridized carbons (Fsp3) is 0.550. The highest BCUT2D eigenvalue weighted by atomic mass is 16.5. The number of fused-ring (bicyclic) bond motifs is 1. The number of ether oxygens (including phenoxy) is 3. The van der Waals surface area contributed by atoms with E-state index >= 15 is 0 Å². The molecule has 0 spiro atoms. The van der Waals surface area contributed by atoms with Crippen molar-refractivity contribution in [2.75, 3.05) is 53.2 Å². The smallest absolute Gasteiger partial charge is 0.251 e. The van der Waals surface area contributed by atoms with E-state index in [-0.39, 0.29) is 17.6 Å². The first-order chi connectivity index (χ1) is 23.4. The molecule has 0 aromatic carbocycles. The van der Waals surface area contributed by atoms with Crippen molar-refractivity contribution in [1.29, 1.82) is 0 Å². The van der Waals surface area contributed by atoms with E-state index in [1.165, 1.54) is 0 Å². The van der Waals surface area contributed by atoms with Gasteiger partial charge < -0.3 is 29.0 Å². The molecule has 1 unspecified atom stereocenters. The molecule has 1 aromatic heterocycles. The SMILES string of the molecule is CC.CCOCCCC1=C=CC(OCCOC)C=C/C(CN(C(=O)[C@@H]2CCCNC2)C2CC2)=C\1.Cc1cc(=O)n(C)c2c1=C=CC=CC=2. The monoisotopic (exact) mass is 659 g/mol. The molecule has 1 saturated heterocycles. The van der Waals surface area contributed by atoms with E-state index < -0.39 is 0 Å². The number of hydrogen-bond acceptors (Lipinski definition) is 6. The van der Waals surface area contributed by atoms with Gasteiger partial charge in [-0.05, 0) is 99.9 Å². The van der Waals surface area contributed by atoms with Crippen molar-refractivity contribution >= 4 is 17.7 Å². The lowest BCUT2D eigenvalue weighted by Gasteiger charge is -2.30. The molecule has 0 bridgehead atoms. The van der Waals surface area contributed by atoms with Gasteiger partial charge in [0.1, 0.15) is 6.10 Å². The molecule has 262 valence electrons. The number of aromatic nitrogens is 1. The molecule has 48 heavy (non-hydrogen) atoms. The Labute approximate surface area is 287 Å². The van der Waals surface area contributed by atoms with Gasteiger partial charge in [0.2, 0.25) is 5.91 Å². The van der Waals surface area contributed by atoms with Crippen molar-refractivity contribution in [3.8, 4) is 0 Å². The van der Waals surface area contributed by atoms with Crippen molar-refractivity contribution in [3.63, 3.8) is 0 Å². The summed E-state index contributed by atoms with van der Waals surface area (Å²) in [6.45, 7) is 13.0. The molecule has 1 N–H and O–H groups in total. The Morgan fingerprint density at radius 3 is 2.65 bits per heavy atom. The number of carbonyl (C=O) groups excluding carboxylic acids is 1. The van der Waals surface area contributed by atoms with Gasteiger partial charge in [-0.3, -0.25) is 9.59 Å². The van der Waals surface area contributed by atoms with Crippen LogP contribution < -0.4 is 21.4 Å². The van der Waals surface area contributed by atoms with Crippen molar-refractivity contribution < 1.29 is 19.0 Å². The Hall–Kier alpha value is -3.48. The lowest BCUT2D eigenvalue weighted by atomic mass is 9.97. The molecule has 1 aliphatic heterocycles. The Morgan fingerprint density at radius 1 is 1.12 bits per heavy atom. The van der Waals surface area contributed by atoms with Gasteiger partial charge in [-0.1, -0.05) is 38.2 Å². The van der Waals surface area contributed by atoms with Crippen LogP contribution in [-0.4, -0.2) is 80.7 Å². The molecule has 2 atom stereocenters. The van der Waals surface area contributed by atoms with Crippen LogP contribution in [0.4, 0.5) is 0 Å². The third-order valence-corrected chi connectivity index (χ3v) is 8.47. The van der Waals surface area contributed by atoms with Crippen LogP contribution in [0.3, 0.4) is 0 Å². The number of aryl methyl sites for hydroxylation is 1. The van der Waals surface area contributed by atoms with E-state index in [0.717, 1.165) is 92.1 Å². The Balaban J connectivity index is 0.000000323. The molecular formula is C40H57N3O5. The van der Waals surface area contributed by atoms with Crippen LogP contribution in [0, 0.1) is 12.8 Å². The van der Waals surface area contributed by atoms with Crippen LogP contribution in [-0.2, 0) is 26.1 Å². The van der Waals surface area contributed by atoms with Crippen LogP contribution >= 0.6 is 0 Å². The topological polar surface area (TPSA) is 82.0 Å². The molecule has 1 aromatic rings. The van der Waals surface area contributed by atoms with E-state index in [1.54, 1.807) is 24.8 Å². The Bertz CT molecular complexity index is 1560. The van der Waals surface area contributed by atoms with Gasteiger partial charge in [-0.2, -0.15) is 0 Å². The average Bonchev–Trinajstić information content (AvgIpc) is 3.96. The molecule has 1 saturated carbocycles. The third-order valence-electron chi connectivity index (χ3n) is 8.47. The molecule has 5 rings (SSSR count). The maximum Gasteiger partial charge on any atom is 0.251 e. The minimum Gasteiger partial charge on any atom is -0.382 e. The number of nitrogens with one attached hydrogen (secondary N) is 1. The summed E-state index contributed by atoms with van der Waals surface area (Å²) >= 11 is 0. The van der Waals surface area contributed by atoms with E-state index in [2.05, 4.69) is 39.9 Å². The molecule has 4 aliphatic rings. The average molecular weight is 660 g/mol. The molecule has 3 aliphatic carbocycles. The van der Waals surface area contributed by atoms with Crippen LogP contribution in [0.25, 0.3) is 11.8 Å². The van der Waals surface area contributed by atoms with Gasteiger partial charge in [0.05, 0.1) is 24.5 Å². The first-order valence-electron chi connectivity index (χ1n) is 17.8. The van der Waals surface area contributed by atoms with Gasteiger partial charge in [0.15, 0.2) is 0 Å². The van der Waals surface area contributed by atoms with Gasteiger partial charge >= 0.3 is 0 Å². The Morgan fingerprint density at radius 2 is 1.94 bits per heavy atom. The van der Waals surface area contributed by atoms with Crippen molar-refractivity contribution in [3.05, 3.63) is 92.0 Å². The summed E-state index contributed by atoms with van der Waals surface area (Å²) in [6, 6.07) is 2.03. The number of allylic oxidation sites excluding steroid dienone is 4. The summed E-state index contributed by atoms with van der Waals surface area (Å²) < 4.78 is 18.2. The fourth-order valence-electron chi connectivity index (χ4n) is 5.73. The van der Waals surface area contributed by atoms with Gasteiger partial charge in [-0.15, -0.1) is 11.5 Å². The predicted octanol–water partition coefficient (Wildman–Crippen LogP) is 4.41. The summed E-state index contributed by atoms with van der Waals surface area (Å²) in [7, 11) is 3.45. The van der Waals surface area contributed by atoms with E-state index in [1.807, 2.05) is 58.1 Å². The molecule has 1 amide bonds. The lowest BCUT2D eigenvalue weighted by molar-refractivity contribution is -0.136. The second kappa shape index (κ2) is 21.5. The summed E-state index contributed by atoms with van der Waals surface area (Å²) in [5.41, 5.74) is 9.87. The number of carbonyl (C=O) groups is 1. The first kappa shape index (κ1) is 39.0. The van der Waals surface area contributed by atoms with Crippen molar-refractivity contribution in [1.82, 2.24) is 14.8 Å². The predicted molar refractivity (Wildman–Crippen MR) is 195 cm³/mol. The molecule has 2 fully saturated rings. The number of piperidine rings is 1. The van der Waals surface area contributed by atoms with Crippen LogP contribution in [0.5, 0.6) is 0 Å². The number of pyridine rings is 1. The van der Waals surface area contributed by atoms with Crippen molar-refractivity contribution in [2.45, 2.75) is 78.4 Å². The minimum atomic E-state index is -0.150. The summed E-state index contributed by atoms with van der Waals surface area (Å²) in [5.74, 6) is 0.412. The number of nitrogens with zero attached hydrogens (tertiary/aromatic N) is 2. The maximum absolute atomic E-state index is 13.3. The van der Waals surface area contributed by atoms with E-state index in [9.17, 15) is 9.59 Å². The largest absolute Gasteiger partial charge is 0.382 e. The molecule has 8 heteroatoms. The molecule has 0 radical (unpaired) electrons. The van der Waals surface area contributed by atoms with Gasteiger partial charge in [0, 0.05) is 57.8 Å². The zero-order valence-corrected chi connectivity index (χ0v) is 30.1. The molecule has 8 nitrogen and oxygen atoms in total. The van der Waals surface area contributed by atoms with E-state index in [0.29, 0.717) is 31.7 Å². The highest BCUT2D eigenvalue weighted by Gasteiger charge is 2.36. The zero-order chi connectivity index (χ0) is 34.7. The van der Waals surface area contributed by atoms with Gasteiger partial charge in [0.25, 0.3) is 5.56 Å². The fourth-order valence-corrected chi connectivity index (χ4v) is 5.73. The van der Waals surface area contributed by atoms with Crippen molar-refractivity contribution in [2.24, 2.45) is 13.0 Å². The standard InChI is InChI=1S/C26H40N2O4.C12H11NO.C2H6/c1-3-31-15-5-6-21-8-12-25(32-17-16-30-2)13-9-22(18-21)20-28(24-10-11-24)26(29)23-7-4-14-27-19-23;1-9-8-12(14)13(2)11-7-5-3-4-6-10(9)11;1-2/h9,12-13,18,23-25,27H,3-7,10-11,14-17,19-20H2,1-2H3;3-5,7-8H,1-2H3;1-2H3/b13-9?,22-18+;;/t8?,23-,25?;;/m1../s1. The quantitative estimate of drug-likeness (QED) is 0.250. The Kier molecular flexibility index (Phi) is 17.4. The lowest BCUT2D eigenvalue weighted by Crippen LogP contribution is -2.44. The van der Waals surface area contributed by atoms with Crippen LogP contribution in [0.15, 0.2) is 70.3 Å². The minimum absolute atomic E-state index is 0.0228. The number of rotatable bonds is 13. The number of amides is 1. The summed E-state index contributed by atoms with van der Waals surface area (Å²) in [6.07, 6.45) is 22.0. The molecule has 2 heterocycles. The second-order valence-corrected chi connectivity index (χ2v) is 12.1. The summed E-state index contributed by atoms with van der Waals surface area (Å²) in [4.78, 5) is 27.0. The van der Waals surface area contributed by atoms with Gasteiger partial charge in [-0.25, -0.2) is 0 Å². The number of methoxy groups -OCH3 is 1. The number of hydrogen-bond donors (Lipinski definition) is 1. The maximum atomic E-state index is 13.3.